The number of ether oxygens (including phenoxy) is 2. The number of carbonyl (C=O) groups is 1. The summed E-state index contributed by atoms with van der Waals surface area (Å²) in [7, 11) is -3.78. The molecule has 2 aromatic carbocycles. The molecule has 10 heteroatoms. The first-order chi connectivity index (χ1) is 15.6. The third kappa shape index (κ3) is 7.67. The molecule has 1 unspecified atom stereocenters. The predicted molar refractivity (Wildman–Crippen MR) is 129 cm³/mol. The van der Waals surface area contributed by atoms with Crippen molar-refractivity contribution < 1.29 is 22.7 Å². The van der Waals surface area contributed by atoms with Crippen LogP contribution in [0.4, 0.5) is 5.69 Å². The van der Waals surface area contributed by atoms with Crippen molar-refractivity contribution in [3.8, 4) is 11.5 Å². The molecule has 0 heterocycles. The van der Waals surface area contributed by atoms with Gasteiger partial charge in [-0.3, -0.25) is 14.9 Å². The number of amidine groups is 1. The summed E-state index contributed by atoms with van der Waals surface area (Å²) in [5, 5.41) is 10.6. The zero-order valence-electron chi connectivity index (χ0n) is 19.3. The number of nitrogens with two attached hydrogens (primary N) is 1. The van der Waals surface area contributed by atoms with E-state index in [4.69, 9.17) is 20.6 Å². The molecule has 0 fully saturated rings. The molecule has 0 bridgehead atoms. The van der Waals surface area contributed by atoms with Crippen LogP contribution in [0, 0.1) is 5.41 Å². The molecule has 0 spiro atoms. The van der Waals surface area contributed by atoms with E-state index in [2.05, 4.69) is 10.0 Å². The molecule has 0 saturated carbocycles. The summed E-state index contributed by atoms with van der Waals surface area (Å²) in [4.78, 5) is 13.1. The Labute approximate surface area is 195 Å². The van der Waals surface area contributed by atoms with Crippen LogP contribution in [-0.4, -0.2) is 38.6 Å². The second-order valence-corrected chi connectivity index (χ2v) is 9.50. The number of anilines is 1. The van der Waals surface area contributed by atoms with Crippen LogP contribution in [0.25, 0.3) is 0 Å². The molecule has 180 valence electrons. The second-order valence-electron chi connectivity index (χ2n) is 7.66. The molecule has 0 aliphatic rings. The fraction of sp³-hybridized carbons (Fsp3) is 0.391. The van der Waals surface area contributed by atoms with E-state index in [1.165, 1.54) is 0 Å². The fourth-order valence-corrected chi connectivity index (χ4v) is 4.13. The highest BCUT2D eigenvalue weighted by atomic mass is 32.2. The molecule has 5 N–H and O–H groups in total. The minimum Gasteiger partial charge on any atom is -0.490 e. The summed E-state index contributed by atoms with van der Waals surface area (Å²) in [5.74, 6) is 0.0120. The number of nitrogens with one attached hydrogen (secondary N) is 3. The molecule has 0 saturated heterocycles. The Balaban J connectivity index is 2.45. The van der Waals surface area contributed by atoms with E-state index in [9.17, 15) is 13.2 Å². The topological polar surface area (TPSA) is 144 Å². The lowest BCUT2D eigenvalue weighted by atomic mass is 10.0. The van der Waals surface area contributed by atoms with E-state index in [1.54, 1.807) is 49.4 Å². The van der Waals surface area contributed by atoms with E-state index >= 15 is 0 Å². The molecule has 2 rings (SSSR count). The van der Waals surface area contributed by atoms with Crippen molar-refractivity contribution in [2.24, 2.45) is 5.73 Å². The molecule has 1 amide bonds. The fourth-order valence-electron chi connectivity index (χ4n) is 3.07. The largest absolute Gasteiger partial charge is 0.490 e. The first-order valence-corrected chi connectivity index (χ1v) is 12.4. The van der Waals surface area contributed by atoms with Crippen molar-refractivity contribution in [1.82, 2.24) is 4.72 Å². The Bertz CT molecular complexity index is 1070. The Morgan fingerprint density at radius 3 is 2.30 bits per heavy atom. The lowest BCUT2D eigenvalue weighted by Crippen LogP contribution is -2.38. The molecule has 9 nitrogen and oxygen atoms in total. The van der Waals surface area contributed by atoms with Crippen molar-refractivity contribution in [3.05, 3.63) is 53.6 Å². The molecule has 0 aliphatic carbocycles. The van der Waals surface area contributed by atoms with Gasteiger partial charge in [-0.2, -0.15) is 0 Å². The van der Waals surface area contributed by atoms with Crippen LogP contribution >= 0.6 is 0 Å². The van der Waals surface area contributed by atoms with Crippen molar-refractivity contribution in [2.45, 2.75) is 46.3 Å². The van der Waals surface area contributed by atoms with E-state index in [1.807, 2.05) is 20.8 Å². The van der Waals surface area contributed by atoms with Crippen LogP contribution < -0.4 is 25.2 Å². The van der Waals surface area contributed by atoms with Crippen LogP contribution in [0.5, 0.6) is 11.5 Å². The van der Waals surface area contributed by atoms with Gasteiger partial charge in [0.25, 0.3) is 5.91 Å². The summed E-state index contributed by atoms with van der Waals surface area (Å²) >= 11 is 0. The normalized spacial score (nSPS) is 12.2. The van der Waals surface area contributed by atoms with Gasteiger partial charge in [0.15, 0.2) is 11.5 Å². The van der Waals surface area contributed by atoms with E-state index in [0.717, 1.165) is 0 Å². The van der Waals surface area contributed by atoms with Crippen molar-refractivity contribution in [3.63, 3.8) is 0 Å². The van der Waals surface area contributed by atoms with E-state index in [-0.39, 0.29) is 17.7 Å². The monoisotopic (exact) mass is 476 g/mol. The molecule has 0 radical (unpaired) electrons. The van der Waals surface area contributed by atoms with Crippen LogP contribution in [-0.2, 0) is 14.8 Å². The molecule has 0 aromatic heterocycles. The van der Waals surface area contributed by atoms with Gasteiger partial charge in [0.2, 0.25) is 10.0 Å². The van der Waals surface area contributed by atoms with Gasteiger partial charge >= 0.3 is 0 Å². The number of benzene rings is 2. The van der Waals surface area contributed by atoms with E-state index in [0.29, 0.717) is 41.3 Å². The molecule has 1 atom stereocenters. The molecule has 2 aromatic rings. The quantitative estimate of drug-likeness (QED) is 0.272. The van der Waals surface area contributed by atoms with Crippen LogP contribution in [0.2, 0.25) is 0 Å². The Kier molecular flexibility index (Phi) is 9.10. The summed E-state index contributed by atoms with van der Waals surface area (Å²) in [6, 6.07) is 10.6. The summed E-state index contributed by atoms with van der Waals surface area (Å²) in [5.41, 5.74) is 7.08. The van der Waals surface area contributed by atoms with Gasteiger partial charge in [-0.25, -0.2) is 8.42 Å². The van der Waals surface area contributed by atoms with Gasteiger partial charge in [0.05, 0.1) is 18.5 Å². The smallest absolute Gasteiger partial charge is 0.260 e. The maximum absolute atomic E-state index is 13.1. The van der Waals surface area contributed by atoms with Crippen molar-refractivity contribution in [2.75, 3.05) is 17.7 Å². The second kappa shape index (κ2) is 11.6. The Morgan fingerprint density at radius 2 is 1.76 bits per heavy atom. The average molecular weight is 477 g/mol. The molecular weight excluding hydrogens is 444 g/mol. The number of carbonyl (C=O) groups excluding carboxylic acids is 1. The van der Waals surface area contributed by atoms with Crippen LogP contribution in [0.1, 0.15) is 51.3 Å². The predicted octanol–water partition coefficient (Wildman–Crippen LogP) is 3.17. The standard InChI is InChI=1S/C23H32N4O5S/c1-5-13-33(29,30)27-23(28)21(26-18-10-7-16(8-11-18)22(24)25)17-9-12-19(32-15(3)4)20(14-17)31-6-2/h7-12,14-15,21,26H,5-6,13H2,1-4H3,(H3,24,25)(H,27,28). The van der Waals surface area contributed by atoms with Gasteiger partial charge in [0.1, 0.15) is 11.9 Å². The summed E-state index contributed by atoms with van der Waals surface area (Å²) in [6.45, 7) is 7.73. The number of hydrogen-bond acceptors (Lipinski definition) is 7. The highest BCUT2D eigenvalue weighted by Gasteiger charge is 2.26. The average Bonchev–Trinajstić information content (AvgIpc) is 2.73. The number of sulfonamides is 1. The van der Waals surface area contributed by atoms with Crippen molar-refractivity contribution in [1.29, 1.82) is 5.41 Å². The molecule has 33 heavy (non-hydrogen) atoms. The zero-order valence-corrected chi connectivity index (χ0v) is 20.2. The Morgan fingerprint density at radius 1 is 1.09 bits per heavy atom. The van der Waals surface area contributed by atoms with Crippen LogP contribution in [0.15, 0.2) is 42.5 Å². The van der Waals surface area contributed by atoms with E-state index < -0.39 is 22.0 Å². The SMILES string of the molecule is CCCS(=O)(=O)NC(=O)C(Nc1ccc(C(=N)N)cc1)c1ccc(OC(C)C)c(OCC)c1. The maximum atomic E-state index is 13.1. The van der Waals surface area contributed by atoms with Gasteiger partial charge in [-0.15, -0.1) is 0 Å². The Hall–Kier alpha value is -3.27. The third-order valence-electron chi connectivity index (χ3n) is 4.46. The maximum Gasteiger partial charge on any atom is 0.260 e. The minimum atomic E-state index is -3.78. The van der Waals surface area contributed by atoms with Gasteiger partial charge < -0.3 is 20.5 Å². The minimum absolute atomic E-state index is 0.0775. The highest BCUT2D eigenvalue weighted by Crippen LogP contribution is 2.33. The first-order valence-electron chi connectivity index (χ1n) is 10.7. The van der Waals surface area contributed by atoms with Gasteiger partial charge in [0, 0.05) is 11.3 Å². The summed E-state index contributed by atoms with van der Waals surface area (Å²) in [6.07, 6.45) is 0.300. The molecular formula is C23H32N4O5S. The lowest BCUT2D eigenvalue weighted by molar-refractivity contribution is -0.120. The zero-order chi connectivity index (χ0) is 24.6. The van der Waals surface area contributed by atoms with Gasteiger partial charge in [-0.05, 0) is 69.2 Å². The summed E-state index contributed by atoms with van der Waals surface area (Å²) < 4.78 is 38.1. The number of rotatable bonds is 12. The third-order valence-corrected chi connectivity index (χ3v) is 5.92. The number of nitrogen functional groups attached to an aromatic ring is 1. The number of amides is 1. The number of hydrogen-bond donors (Lipinski definition) is 4. The highest BCUT2D eigenvalue weighted by molar-refractivity contribution is 7.90. The molecule has 0 aliphatic heterocycles. The van der Waals surface area contributed by atoms with Crippen molar-refractivity contribution >= 4 is 27.5 Å². The van der Waals surface area contributed by atoms with Gasteiger partial charge in [-0.1, -0.05) is 13.0 Å². The lowest BCUT2D eigenvalue weighted by Gasteiger charge is -2.22. The first kappa shape index (κ1) is 26.0. The van der Waals surface area contributed by atoms with Crippen LogP contribution in [0.3, 0.4) is 0 Å².